The number of rotatable bonds is 8. The lowest BCUT2D eigenvalue weighted by Gasteiger charge is -2.41. The minimum atomic E-state index is -3.95. The van der Waals surface area contributed by atoms with Crippen LogP contribution in [0.25, 0.3) is 0 Å². The summed E-state index contributed by atoms with van der Waals surface area (Å²) < 4.78 is 22.9. The standard InChI is InChI=1S/C24H20BO12/c26-13-1-5-17(30)21(9-13)34-25(35-22-10-14(27)2-6-18(22)31,36-23-11-15(28)3-7-19(23)32)37-24-12-16(29)4-8-20(24)33/h1-12,26-33H/q-1. The zero-order chi connectivity index (χ0) is 26.7. The molecule has 13 heteroatoms. The van der Waals surface area contributed by atoms with Crippen LogP contribution in [0.2, 0.25) is 0 Å². The predicted molar refractivity (Wildman–Crippen MR) is 127 cm³/mol. The van der Waals surface area contributed by atoms with Crippen LogP contribution in [0.15, 0.2) is 72.8 Å². The van der Waals surface area contributed by atoms with Crippen LogP contribution in [-0.2, 0) is 0 Å². The van der Waals surface area contributed by atoms with E-state index >= 15 is 0 Å². The normalized spacial score (nSPS) is 11.0. The van der Waals surface area contributed by atoms with E-state index in [1.807, 2.05) is 0 Å². The molecule has 0 saturated heterocycles. The summed E-state index contributed by atoms with van der Waals surface area (Å²) in [4.78, 5) is 0. The van der Waals surface area contributed by atoms with Crippen molar-refractivity contribution in [2.75, 3.05) is 0 Å². The minimum absolute atomic E-state index is 0.363. The quantitative estimate of drug-likeness (QED) is 0.127. The maximum absolute atomic E-state index is 10.3. The molecule has 0 bridgehead atoms. The van der Waals surface area contributed by atoms with Crippen LogP contribution in [0.1, 0.15) is 0 Å². The summed E-state index contributed by atoms with van der Waals surface area (Å²) in [5.41, 5.74) is 0. The molecule has 0 radical (unpaired) electrons. The van der Waals surface area contributed by atoms with Crippen molar-refractivity contribution in [2.45, 2.75) is 0 Å². The van der Waals surface area contributed by atoms with Crippen molar-refractivity contribution in [3.8, 4) is 69.0 Å². The van der Waals surface area contributed by atoms with Crippen molar-refractivity contribution in [3.05, 3.63) is 72.8 Å². The van der Waals surface area contributed by atoms with Gasteiger partial charge in [0, 0.05) is 24.3 Å². The van der Waals surface area contributed by atoms with Crippen molar-refractivity contribution in [1.82, 2.24) is 0 Å². The number of hydrogen-bond donors (Lipinski definition) is 8. The van der Waals surface area contributed by atoms with Gasteiger partial charge in [-0.1, -0.05) is 0 Å². The Morgan fingerprint density at radius 3 is 0.784 bits per heavy atom. The fourth-order valence-electron chi connectivity index (χ4n) is 3.16. The van der Waals surface area contributed by atoms with Crippen LogP contribution < -0.4 is 18.6 Å². The van der Waals surface area contributed by atoms with E-state index in [4.69, 9.17) is 18.6 Å². The Balaban J connectivity index is 1.93. The minimum Gasteiger partial charge on any atom is -0.608 e. The van der Waals surface area contributed by atoms with E-state index in [2.05, 4.69) is 0 Å². The summed E-state index contributed by atoms with van der Waals surface area (Å²) in [6.07, 6.45) is 0. The molecule has 0 aliphatic heterocycles. The number of hydrogen-bond acceptors (Lipinski definition) is 12. The Bertz CT molecular complexity index is 1220. The molecule has 0 spiro atoms. The Kier molecular flexibility index (Phi) is 6.44. The lowest BCUT2D eigenvalue weighted by Crippen LogP contribution is -2.60. The highest BCUT2D eigenvalue weighted by atomic mass is 16.9. The number of phenolic OH excluding ortho intramolecular Hbond substituents is 8. The maximum atomic E-state index is 10.3. The molecule has 0 fully saturated rings. The van der Waals surface area contributed by atoms with E-state index in [1.54, 1.807) is 0 Å². The van der Waals surface area contributed by atoms with E-state index in [9.17, 15) is 40.9 Å². The Morgan fingerprint density at radius 2 is 0.568 bits per heavy atom. The van der Waals surface area contributed by atoms with Gasteiger partial charge >= 0.3 is 6.96 Å². The third-order valence-corrected chi connectivity index (χ3v) is 4.86. The number of aromatic hydroxyl groups is 8. The van der Waals surface area contributed by atoms with E-state index in [0.717, 1.165) is 72.8 Å². The first-order chi connectivity index (χ1) is 17.5. The average Bonchev–Trinajstić information content (AvgIpc) is 2.83. The van der Waals surface area contributed by atoms with Gasteiger partial charge in [-0.05, 0) is 48.5 Å². The first kappa shape index (κ1) is 24.7. The molecule has 4 rings (SSSR count). The SMILES string of the molecule is Oc1ccc(O)c(O[B-](Oc2cc(O)ccc2O)(Oc2cc(O)ccc2O)Oc2cc(O)ccc2O)c1. The Hall–Kier alpha value is -5.46. The smallest absolute Gasteiger partial charge is 0.608 e. The lowest BCUT2D eigenvalue weighted by atomic mass is 10.0. The summed E-state index contributed by atoms with van der Waals surface area (Å²) in [6, 6.07) is 12.6. The van der Waals surface area contributed by atoms with Gasteiger partial charge in [0.15, 0.2) is 23.0 Å². The van der Waals surface area contributed by atoms with Crippen LogP contribution in [0, 0.1) is 0 Å². The Labute approximate surface area is 208 Å². The zero-order valence-corrected chi connectivity index (χ0v) is 18.7. The average molecular weight is 511 g/mol. The molecule has 0 aliphatic rings. The predicted octanol–water partition coefficient (Wildman–Crippen LogP) is 3.38. The van der Waals surface area contributed by atoms with E-state index in [1.165, 1.54) is 0 Å². The molecule has 0 unspecified atom stereocenters. The molecule has 12 nitrogen and oxygen atoms in total. The zero-order valence-electron chi connectivity index (χ0n) is 18.7. The largest absolute Gasteiger partial charge is 0.777 e. The summed E-state index contributed by atoms with van der Waals surface area (Å²) in [5, 5.41) is 81.0. The molecule has 0 aliphatic carbocycles. The van der Waals surface area contributed by atoms with Gasteiger partial charge in [-0.2, -0.15) is 0 Å². The Morgan fingerprint density at radius 1 is 0.351 bits per heavy atom. The van der Waals surface area contributed by atoms with E-state index in [-0.39, 0.29) is 23.0 Å². The highest BCUT2D eigenvalue weighted by Gasteiger charge is 2.45. The van der Waals surface area contributed by atoms with Crippen LogP contribution >= 0.6 is 0 Å². The molecule has 4 aromatic rings. The third-order valence-electron chi connectivity index (χ3n) is 4.86. The molecule has 192 valence electrons. The molecule has 37 heavy (non-hydrogen) atoms. The summed E-state index contributed by atoms with van der Waals surface area (Å²) >= 11 is 0. The van der Waals surface area contributed by atoms with Gasteiger partial charge in [0.25, 0.3) is 0 Å². The summed E-state index contributed by atoms with van der Waals surface area (Å²) in [5.74, 6) is -5.57. The molecule has 0 atom stereocenters. The first-order valence-corrected chi connectivity index (χ1v) is 10.5. The monoisotopic (exact) mass is 511 g/mol. The van der Waals surface area contributed by atoms with Gasteiger partial charge in [-0.3, -0.25) is 0 Å². The van der Waals surface area contributed by atoms with Crippen molar-refractivity contribution in [1.29, 1.82) is 0 Å². The van der Waals surface area contributed by atoms with Crippen molar-refractivity contribution >= 4 is 6.96 Å². The van der Waals surface area contributed by atoms with Gasteiger partial charge in [0.1, 0.15) is 46.0 Å². The van der Waals surface area contributed by atoms with Gasteiger partial charge in [-0.25, -0.2) is 0 Å². The fourth-order valence-corrected chi connectivity index (χ4v) is 3.16. The topological polar surface area (TPSA) is 199 Å². The molecular formula is C24H20BO12-. The van der Waals surface area contributed by atoms with Crippen LogP contribution in [-0.4, -0.2) is 47.8 Å². The second-order valence-corrected chi connectivity index (χ2v) is 7.66. The second-order valence-electron chi connectivity index (χ2n) is 7.66. The molecule has 8 N–H and O–H groups in total. The van der Waals surface area contributed by atoms with Crippen LogP contribution in [0.3, 0.4) is 0 Å². The van der Waals surface area contributed by atoms with E-state index < -0.39 is 53.0 Å². The highest BCUT2D eigenvalue weighted by molar-refractivity contribution is 6.57. The third kappa shape index (κ3) is 5.62. The maximum Gasteiger partial charge on any atom is 0.777 e. The van der Waals surface area contributed by atoms with Gasteiger partial charge in [-0.15, -0.1) is 0 Å². The van der Waals surface area contributed by atoms with Crippen molar-refractivity contribution in [3.63, 3.8) is 0 Å². The number of phenols is 8. The molecular weight excluding hydrogens is 491 g/mol. The van der Waals surface area contributed by atoms with E-state index in [0.29, 0.717) is 0 Å². The van der Waals surface area contributed by atoms with Gasteiger partial charge < -0.3 is 59.5 Å². The molecule has 4 aromatic carbocycles. The summed E-state index contributed by atoms with van der Waals surface area (Å²) in [6.45, 7) is -3.95. The van der Waals surface area contributed by atoms with Crippen LogP contribution in [0.5, 0.6) is 69.0 Å². The second kappa shape index (κ2) is 9.66. The fraction of sp³-hybridized carbons (Fsp3) is 0. The molecule has 0 saturated carbocycles. The van der Waals surface area contributed by atoms with Gasteiger partial charge in [0.2, 0.25) is 0 Å². The first-order valence-electron chi connectivity index (χ1n) is 10.5. The molecule has 0 amide bonds. The molecule has 0 heterocycles. The van der Waals surface area contributed by atoms with Crippen molar-refractivity contribution < 1.29 is 59.5 Å². The number of benzene rings is 4. The van der Waals surface area contributed by atoms with Crippen molar-refractivity contribution in [2.24, 2.45) is 0 Å². The van der Waals surface area contributed by atoms with Crippen LogP contribution in [0.4, 0.5) is 0 Å². The van der Waals surface area contributed by atoms with Gasteiger partial charge in [0.05, 0.1) is 0 Å². The summed E-state index contributed by atoms with van der Waals surface area (Å²) in [7, 11) is 0. The lowest BCUT2D eigenvalue weighted by molar-refractivity contribution is 0.151. The molecule has 0 aromatic heterocycles. The highest BCUT2D eigenvalue weighted by Crippen LogP contribution is 2.41.